The van der Waals surface area contributed by atoms with Crippen LogP contribution in [0.15, 0.2) is 30.3 Å². The molecule has 1 aromatic carbocycles. The molecule has 0 unspecified atom stereocenters. The highest BCUT2D eigenvalue weighted by molar-refractivity contribution is 5.21. The number of aromatic nitrogens is 2. The number of H-pyrrole nitrogens is 1. The Morgan fingerprint density at radius 3 is 2.88 bits per heavy atom. The molecular weight excluding hydrogens is 314 g/mol. The molecule has 1 saturated heterocycles. The minimum Gasteiger partial charge on any atom is -0.491 e. The molecule has 0 saturated carbocycles. The minimum atomic E-state index is -0.495. The van der Waals surface area contributed by atoms with E-state index in [0.717, 1.165) is 43.8 Å². The molecule has 5 heteroatoms. The lowest BCUT2D eigenvalue weighted by atomic mass is 10.0. The summed E-state index contributed by atoms with van der Waals surface area (Å²) in [6, 6.07) is 9.98. The number of fused-ring (bicyclic) bond motifs is 1. The van der Waals surface area contributed by atoms with Crippen molar-refractivity contribution in [2.45, 2.75) is 50.7 Å². The Labute approximate surface area is 149 Å². The van der Waals surface area contributed by atoms with Crippen LogP contribution in [0.5, 0.6) is 5.75 Å². The molecule has 2 aliphatic rings. The number of aliphatic hydroxyl groups is 1. The van der Waals surface area contributed by atoms with Gasteiger partial charge in [0.05, 0.1) is 11.7 Å². The predicted molar refractivity (Wildman–Crippen MR) is 96.7 cm³/mol. The lowest BCUT2D eigenvalue weighted by Crippen LogP contribution is -2.35. The molecule has 2 heterocycles. The van der Waals surface area contributed by atoms with Crippen LogP contribution in [0, 0.1) is 0 Å². The number of hydrogen-bond acceptors (Lipinski definition) is 4. The van der Waals surface area contributed by atoms with Crippen molar-refractivity contribution in [1.29, 1.82) is 0 Å². The van der Waals surface area contributed by atoms with Crippen molar-refractivity contribution in [2.75, 3.05) is 19.7 Å². The normalized spacial score (nSPS) is 21.9. The van der Waals surface area contributed by atoms with Gasteiger partial charge in [-0.3, -0.25) is 4.90 Å². The molecule has 134 valence electrons. The minimum absolute atomic E-state index is 0.303. The second-order valence-electron chi connectivity index (χ2n) is 7.19. The third-order valence-electron chi connectivity index (χ3n) is 5.28. The third kappa shape index (κ3) is 3.88. The summed E-state index contributed by atoms with van der Waals surface area (Å²) in [6.07, 6.45) is 6.51. The number of nitrogens with one attached hydrogen (secondary N) is 1. The predicted octanol–water partition coefficient (Wildman–Crippen LogP) is 2.87. The van der Waals surface area contributed by atoms with E-state index in [0.29, 0.717) is 19.2 Å². The number of benzene rings is 1. The van der Waals surface area contributed by atoms with Crippen molar-refractivity contribution < 1.29 is 9.84 Å². The van der Waals surface area contributed by atoms with Gasteiger partial charge in [-0.1, -0.05) is 18.2 Å². The first-order chi connectivity index (χ1) is 12.3. The van der Waals surface area contributed by atoms with Crippen LogP contribution < -0.4 is 4.74 Å². The van der Waals surface area contributed by atoms with E-state index >= 15 is 0 Å². The van der Waals surface area contributed by atoms with Crippen LogP contribution in [-0.2, 0) is 12.8 Å². The van der Waals surface area contributed by atoms with Crippen molar-refractivity contribution >= 4 is 0 Å². The molecule has 0 radical (unpaired) electrons. The maximum Gasteiger partial charge on any atom is 0.124 e. The van der Waals surface area contributed by atoms with Crippen molar-refractivity contribution in [2.24, 2.45) is 0 Å². The van der Waals surface area contributed by atoms with Gasteiger partial charge in [-0.15, -0.1) is 0 Å². The van der Waals surface area contributed by atoms with Gasteiger partial charge in [0.15, 0.2) is 0 Å². The highest BCUT2D eigenvalue weighted by Gasteiger charge is 2.31. The van der Waals surface area contributed by atoms with Gasteiger partial charge in [0, 0.05) is 12.2 Å². The van der Waals surface area contributed by atoms with Crippen molar-refractivity contribution in [3.05, 3.63) is 47.5 Å². The summed E-state index contributed by atoms with van der Waals surface area (Å²) < 4.78 is 5.69. The molecule has 2 N–H and O–H groups in total. The number of likely N-dealkylation sites (tertiary alicyclic amines) is 1. The molecular formula is C20H27N3O2. The number of hydrogen-bond donors (Lipinski definition) is 2. The summed E-state index contributed by atoms with van der Waals surface area (Å²) in [5.41, 5.74) is 2.60. The van der Waals surface area contributed by atoms with Gasteiger partial charge in [0.25, 0.3) is 0 Å². The third-order valence-corrected chi connectivity index (χ3v) is 5.28. The van der Waals surface area contributed by atoms with E-state index < -0.39 is 6.10 Å². The molecule has 5 nitrogen and oxygen atoms in total. The summed E-state index contributed by atoms with van der Waals surface area (Å²) in [7, 11) is 0. The first-order valence-corrected chi connectivity index (χ1v) is 9.47. The molecule has 2 aromatic rings. The number of imidazole rings is 1. The molecule has 1 aliphatic heterocycles. The van der Waals surface area contributed by atoms with Gasteiger partial charge in [-0.2, -0.15) is 0 Å². The molecule has 2 atom stereocenters. The highest BCUT2D eigenvalue weighted by Crippen LogP contribution is 2.32. The number of rotatable bonds is 6. The zero-order valence-corrected chi connectivity index (χ0v) is 14.7. The number of aliphatic hydroxyl groups excluding tert-OH is 1. The summed E-state index contributed by atoms with van der Waals surface area (Å²) in [6.45, 7) is 1.96. The van der Waals surface area contributed by atoms with E-state index in [1.54, 1.807) is 0 Å². The standard InChI is InChI=1S/C20H27N3O2/c24-15(14-25-16-7-2-1-3-8-16)13-23-12-6-11-19(23)20-21-17-9-4-5-10-18(17)22-20/h1-3,7-8,15,19,24H,4-6,9-14H2,(H,21,22)/t15-,19+/m1/s1. The fraction of sp³-hybridized carbons (Fsp3) is 0.550. The molecule has 1 fully saturated rings. The maximum absolute atomic E-state index is 10.4. The van der Waals surface area contributed by atoms with Crippen LogP contribution in [0.4, 0.5) is 0 Å². The Balaban J connectivity index is 1.35. The van der Waals surface area contributed by atoms with Gasteiger partial charge < -0.3 is 14.8 Å². The van der Waals surface area contributed by atoms with E-state index in [1.165, 1.54) is 24.2 Å². The smallest absolute Gasteiger partial charge is 0.124 e. The Morgan fingerprint density at radius 1 is 1.20 bits per heavy atom. The Hall–Kier alpha value is -1.85. The van der Waals surface area contributed by atoms with Crippen molar-refractivity contribution in [1.82, 2.24) is 14.9 Å². The molecule has 1 aliphatic carbocycles. The van der Waals surface area contributed by atoms with Crippen LogP contribution in [0.2, 0.25) is 0 Å². The molecule has 0 bridgehead atoms. The lowest BCUT2D eigenvalue weighted by Gasteiger charge is -2.25. The van der Waals surface area contributed by atoms with Crippen molar-refractivity contribution in [3.63, 3.8) is 0 Å². The van der Waals surface area contributed by atoms with Gasteiger partial charge in [0.2, 0.25) is 0 Å². The lowest BCUT2D eigenvalue weighted by molar-refractivity contribution is 0.0628. The summed E-state index contributed by atoms with van der Waals surface area (Å²) in [4.78, 5) is 10.8. The summed E-state index contributed by atoms with van der Waals surface area (Å²) in [5.74, 6) is 1.90. The van der Waals surface area contributed by atoms with Gasteiger partial charge in [-0.05, 0) is 57.2 Å². The van der Waals surface area contributed by atoms with E-state index in [9.17, 15) is 5.11 Å². The largest absolute Gasteiger partial charge is 0.491 e. The zero-order valence-electron chi connectivity index (χ0n) is 14.7. The van der Waals surface area contributed by atoms with E-state index in [-0.39, 0.29) is 0 Å². The molecule has 4 rings (SSSR count). The zero-order chi connectivity index (χ0) is 17.1. The second-order valence-corrected chi connectivity index (χ2v) is 7.19. The average Bonchev–Trinajstić information content (AvgIpc) is 3.27. The van der Waals surface area contributed by atoms with E-state index in [1.807, 2.05) is 30.3 Å². The number of β-amino-alcohol motifs (C(OH)–C–C–N with tert-alkyl or cyclic N) is 1. The maximum atomic E-state index is 10.4. The van der Waals surface area contributed by atoms with Gasteiger partial charge in [-0.25, -0.2) is 4.98 Å². The summed E-state index contributed by atoms with van der Waals surface area (Å²) in [5, 5.41) is 10.4. The summed E-state index contributed by atoms with van der Waals surface area (Å²) >= 11 is 0. The fourth-order valence-corrected chi connectivity index (χ4v) is 4.02. The molecule has 25 heavy (non-hydrogen) atoms. The van der Waals surface area contributed by atoms with E-state index in [4.69, 9.17) is 9.72 Å². The van der Waals surface area contributed by atoms with Crippen LogP contribution in [0.1, 0.15) is 48.9 Å². The second kappa shape index (κ2) is 7.58. The Kier molecular flexibility index (Phi) is 5.04. The van der Waals surface area contributed by atoms with Crippen LogP contribution >= 0.6 is 0 Å². The van der Waals surface area contributed by atoms with Gasteiger partial charge >= 0.3 is 0 Å². The Morgan fingerprint density at radius 2 is 2.04 bits per heavy atom. The van der Waals surface area contributed by atoms with Crippen molar-refractivity contribution in [3.8, 4) is 5.75 Å². The quantitative estimate of drug-likeness (QED) is 0.848. The topological polar surface area (TPSA) is 61.4 Å². The SMILES string of the molecule is O[C@@H](COc1ccccc1)CN1CCC[C@H]1c1nc2c([nH]1)CCCC2. The molecule has 0 amide bonds. The fourth-order valence-electron chi connectivity index (χ4n) is 4.02. The van der Waals surface area contributed by atoms with Gasteiger partial charge in [0.1, 0.15) is 24.3 Å². The average molecular weight is 341 g/mol. The first-order valence-electron chi connectivity index (χ1n) is 9.47. The molecule has 0 spiro atoms. The number of ether oxygens (including phenoxy) is 1. The molecule has 1 aromatic heterocycles. The monoisotopic (exact) mass is 341 g/mol. The van der Waals surface area contributed by atoms with Crippen LogP contribution in [0.3, 0.4) is 0 Å². The Bertz CT molecular complexity index is 662. The number of aryl methyl sites for hydroxylation is 2. The van der Waals surface area contributed by atoms with E-state index in [2.05, 4.69) is 9.88 Å². The van der Waals surface area contributed by atoms with Crippen LogP contribution in [0.25, 0.3) is 0 Å². The first kappa shape index (κ1) is 16.6. The number of aromatic amines is 1. The number of para-hydroxylation sites is 1. The number of nitrogens with zero attached hydrogens (tertiary/aromatic N) is 2. The van der Waals surface area contributed by atoms with Crippen LogP contribution in [-0.4, -0.2) is 45.8 Å². The highest BCUT2D eigenvalue weighted by atomic mass is 16.5.